The molecule has 0 unspecified atom stereocenters. The maximum Gasteiger partial charge on any atom is 0.254 e. The highest BCUT2D eigenvalue weighted by atomic mass is 19.3. The van der Waals surface area contributed by atoms with Gasteiger partial charge in [0.2, 0.25) is 5.91 Å². The molecule has 0 radical (unpaired) electrons. The minimum Gasteiger partial charge on any atom is -0.341 e. The van der Waals surface area contributed by atoms with Gasteiger partial charge in [-0.1, -0.05) is 0 Å². The number of amides is 1. The summed E-state index contributed by atoms with van der Waals surface area (Å²) in [5, 5.41) is 0. The van der Waals surface area contributed by atoms with Gasteiger partial charge in [0.15, 0.2) is 0 Å². The van der Waals surface area contributed by atoms with E-state index < -0.39 is 5.92 Å². The van der Waals surface area contributed by atoms with Crippen LogP contribution in [0.4, 0.5) is 8.78 Å². The van der Waals surface area contributed by atoms with Crippen molar-refractivity contribution < 1.29 is 13.6 Å². The molecule has 2 fully saturated rings. The van der Waals surface area contributed by atoms with Crippen molar-refractivity contribution in [1.82, 2.24) is 14.5 Å². The molecule has 7 heteroatoms. The van der Waals surface area contributed by atoms with E-state index in [0.717, 1.165) is 18.5 Å². The zero-order valence-electron chi connectivity index (χ0n) is 11.6. The third kappa shape index (κ3) is 3.28. The molecule has 21 heavy (non-hydrogen) atoms. The zero-order chi connectivity index (χ0) is 15.0. The quantitative estimate of drug-likeness (QED) is 0.847. The van der Waals surface area contributed by atoms with E-state index in [1.165, 1.54) is 21.9 Å². The molecule has 1 amide bonds. The molecule has 0 aromatic carbocycles. The summed E-state index contributed by atoms with van der Waals surface area (Å²) in [6.45, 7) is -0.0648. The van der Waals surface area contributed by atoms with Crippen LogP contribution in [-0.2, 0) is 11.3 Å². The maximum absolute atomic E-state index is 13.1. The predicted octanol–water partition coefficient (Wildman–Crippen LogP) is 1.38. The number of rotatable bonds is 3. The topological polar surface area (TPSA) is 55.2 Å². The van der Waals surface area contributed by atoms with Gasteiger partial charge in [0.25, 0.3) is 11.5 Å². The Bertz CT molecular complexity index is 600. The van der Waals surface area contributed by atoms with E-state index in [0.29, 0.717) is 5.92 Å². The molecule has 0 N–H and O–H groups in total. The molecule has 0 atom stereocenters. The van der Waals surface area contributed by atoms with Crippen molar-refractivity contribution in [2.24, 2.45) is 0 Å². The largest absolute Gasteiger partial charge is 0.341 e. The molecule has 1 saturated heterocycles. The number of carbonyl (C=O) groups excluding carboxylic acids is 1. The van der Waals surface area contributed by atoms with Gasteiger partial charge in [-0.2, -0.15) is 0 Å². The van der Waals surface area contributed by atoms with E-state index in [2.05, 4.69) is 4.98 Å². The predicted molar refractivity (Wildman–Crippen MR) is 71.2 cm³/mol. The molecule has 114 valence electrons. The average molecular weight is 297 g/mol. The summed E-state index contributed by atoms with van der Waals surface area (Å²) >= 11 is 0. The maximum atomic E-state index is 13.1. The lowest BCUT2D eigenvalue weighted by molar-refractivity contribution is -0.137. The molecule has 1 aliphatic carbocycles. The highest BCUT2D eigenvalue weighted by Crippen LogP contribution is 2.38. The molecule has 1 aromatic rings. The van der Waals surface area contributed by atoms with E-state index in [1.54, 1.807) is 0 Å². The van der Waals surface area contributed by atoms with Gasteiger partial charge in [-0.25, -0.2) is 13.8 Å². The minimum absolute atomic E-state index is 0.0359. The second-order valence-electron chi connectivity index (χ2n) is 5.79. The second kappa shape index (κ2) is 5.20. The molecular formula is C14H17F2N3O2. The average Bonchev–Trinajstić information content (AvgIpc) is 3.25. The number of hydrogen-bond donors (Lipinski definition) is 0. The van der Waals surface area contributed by atoms with Crippen molar-refractivity contribution in [2.45, 2.75) is 44.1 Å². The molecule has 1 aromatic heterocycles. The van der Waals surface area contributed by atoms with Crippen LogP contribution in [0.15, 0.2) is 17.2 Å². The van der Waals surface area contributed by atoms with E-state index in [-0.39, 0.29) is 43.9 Å². The number of halogens is 2. The summed E-state index contributed by atoms with van der Waals surface area (Å²) in [4.78, 5) is 29.6. The van der Waals surface area contributed by atoms with E-state index in [4.69, 9.17) is 0 Å². The van der Waals surface area contributed by atoms with Crippen LogP contribution >= 0.6 is 0 Å². The highest BCUT2D eigenvalue weighted by Gasteiger charge is 2.35. The van der Waals surface area contributed by atoms with Gasteiger partial charge in [-0.3, -0.25) is 14.2 Å². The fourth-order valence-corrected chi connectivity index (χ4v) is 2.49. The molecular weight excluding hydrogens is 280 g/mol. The lowest BCUT2D eigenvalue weighted by Gasteiger charge is -2.31. The Balaban J connectivity index is 1.63. The van der Waals surface area contributed by atoms with Gasteiger partial charge in [0, 0.05) is 37.9 Å². The summed E-state index contributed by atoms with van der Waals surface area (Å²) in [7, 11) is 0. The SMILES string of the molecule is O=C(Cn1cnc(C2CC2)cc1=O)N1CCC(F)(F)CC1. The first kappa shape index (κ1) is 14.2. The Hall–Kier alpha value is -1.79. The van der Waals surface area contributed by atoms with E-state index in [1.807, 2.05) is 0 Å². The van der Waals surface area contributed by atoms with Crippen molar-refractivity contribution in [3.05, 3.63) is 28.4 Å². The monoisotopic (exact) mass is 297 g/mol. The molecule has 1 saturated carbocycles. The van der Waals surface area contributed by atoms with Gasteiger partial charge in [0.1, 0.15) is 6.54 Å². The van der Waals surface area contributed by atoms with Gasteiger partial charge >= 0.3 is 0 Å². The number of carbonyl (C=O) groups is 1. The Morgan fingerprint density at radius 2 is 2.00 bits per heavy atom. The molecule has 2 aliphatic rings. The third-order valence-electron chi connectivity index (χ3n) is 4.05. The number of piperidine rings is 1. The summed E-state index contributed by atoms with van der Waals surface area (Å²) in [5.74, 6) is -2.61. The molecule has 1 aliphatic heterocycles. The lowest BCUT2D eigenvalue weighted by Crippen LogP contribution is -2.44. The summed E-state index contributed by atoms with van der Waals surface area (Å²) in [5.41, 5.74) is 0.518. The van der Waals surface area contributed by atoms with Crippen molar-refractivity contribution >= 4 is 5.91 Å². The van der Waals surface area contributed by atoms with Crippen molar-refractivity contribution in [3.63, 3.8) is 0 Å². The standard InChI is InChI=1S/C14H17F2N3O2/c15-14(16)3-5-18(6-4-14)13(21)8-19-9-17-11(7-12(19)20)10-1-2-10/h7,9-10H,1-6,8H2. The summed E-state index contributed by atoms with van der Waals surface area (Å²) < 4.78 is 27.3. The molecule has 0 spiro atoms. The second-order valence-corrected chi connectivity index (χ2v) is 5.79. The fourth-order valence-electron chi connectivity index (χ4n) is 2.49. The number of likely N-dealkylation sites (tertiary alicyclic amines) is 1. The van der Waals surface area contributed by atoms with Gasteiger partial charge in [-0.05, 0) is 12.8 Å². The molecule has 2 heterocycles. The minimum atomic E-state index is -2.68. The van der Waals surface area contributed by atoms with Crippen LogP contribution in [0.5, 0.6) is 0 Å². The van der Waals surface area contributed by atoms with Gasteiger partial charge < -0.3 is 4.90 Å². The van der Waals surface area contributed by atoms with Crippen LogP contribution in [0.3, 0.4) is 0 Å². The Morgan fingerprint density at radius 1 is 1.33 bits per heavy atom. The first-order chi connectivity index (χ1) is 9.94. The number of alkyl halides is 2. The Morgan fingerprint density at radius 3 is 2.57 bits per heavy atom. The summed E-state index contributed by atoms with van der Waals surface area (Å²) in [6.07, 6.45) is 2.86. The Labute approximate surface area is 120 Å². The first-order valence-electron chi connectivity index (χ1n) is 7.17. The van der Waals surface area contributed by atoms with Crippen LogP contribution in [0, 0.1) is 0 Å². The third-order valence-corrected chi connectivity index (χ3v) is 4.05. The number of hydrogen-bond acceptors (Lipinski definition) is 3. The lowest BCUT2D eigenvalue weighted by atomic mass is 10.1. The fraction of sp³-hybridized carbons (Fsp3) is 0.643. The van der Waals surface area contributed by atoms with Gasteiger partial charge in [-0.15, -0.1) is 0 Å². The number of nitrogens with zero attached hydrogens (tertiary/aromatic N) is 3. The Kier molecular flexibility index (Phi) is 3.51. The van der Waals surface area contributed by atoms with E-state index >= 15 is 0 Å². The normalized spacial score (nSPS) is 21.3. The van der Waals surface area contributed by atoms with E-state index in [9.17, 15) is 18.4 Å². The van der Waals surface area contributed by atoms with Crippen molar-refractivity contribution in [3.8, 4) is 0 Å². The first-order valence-corrected chi connectivity index (χ1v) is 7.17. The van der Waals surface area contributed by atoms with Crippen molar-refractivity contribution in [1.29, 1.82) is 0 Å². The molecule has 0 bridgehead atoms. The van der Waals surface area contributed by atoms with Crippen LogP contribution in [-0.4, -0.2) is 39.4 Å². The van der Waals surface area contributed by atoms with Crippen molar-refractivity contribution in [2.75, 3.05) is 13.1 Å². The van der Waals surface area contributed by atoms with Crippen LogP contribution in [0.2, 0.25) is 0 Å². The molecule has 3 rings (SSSR count). The van der Waals surface area contributed by atoms with Crippen LogP contribution in [0.25, 0.3) is 0 Å². The highest BCUT2D eigenvalue weighted by molar-refractivity contribution is 5.76. The smallest absolute Gasteiger partial charge is 0.254 e. The summed E-state index contributed by atoms with van der Waals surface area (Å²) in [6, 6.07) is 1.47. The van der Waals surface area contributed by atoms with Crippen LogP contribution < -0.4 is 5.56 Å². The zero-order valence-corrected chi connectivity index (χ0v) is 11.6. The molecule has 5 nitrogen and oxygen atoms in total. The number of aromatic nitrogens is 2. The van der Waals surface area contributed by atoms with Gasteiger partial charge in [0.05, 0.1) is 12.0 Å². The van der Waals surface area contributed by atoms with Crippen LogP contribution in [0.1, 0.15) is 37.3 Å².